The van der Waals surface area contributed by atoms with Crippen LogP contribution < -0.4 is 4.74 Å². The van der Waals surface area contributed by atoms with Crippen LogP contribution >= 0.6 is 0 Å². The van der Waals surface area contributed by atoms with Crippen molar-refractivity contribution in [3.63, 3.8) is 0 Å². The van der Waals surface area contributed by atoms with Gasteiger partial charge in [0.15, 0.2) is 0 Å². The van der Waals surface area contributed by atoms with Crippen LogP contribution in [0.5, 0.6) is 5.75 Å². The Kier molecular flexibility index (Phi) is 2.63. The van der Waals surface area contributed by atoms with Gasteiger partial charge < -0.3 is 4.74 Å². The van der Waals surface area contributed by atoms with Gasteiger partial charge in [0, 0.05) is 11.8 Å². The molecule has 2 heteroatoms. The Bertz CT molecular complexity index is 616. The summed E-state index contributed by atoms with van der Waals surface area (Å²) >= 11 is 0. The van der Waals surface area contributed by atoms with Gasteiger partial charge in [-0.25, -0.2) is 0 Å². The van der Waals surface area contributed by atoms with Crippen LogP contribution in [0.2, 0.25) is 0 Å². The molecule has 0 amide bonds. The molecule has 3 rings (SSSR count). The Morgan fingerprint density at radius 1 is 1.17 bits per heavy atom. The van der Waals surface area contributed by atoms with Gasteiger partial charge in [0.05, 0.1) is 12.8 Å². The lowest BCUT2D eigenvalue weighted by Gasteiger charge is -2.10. The van der Waals surface area contributed by atoms with Crippen molar-refractivity contribution >= 4 is 5.57 Å². The summed E-state index contributed by atoms with van der Waals surface area (Å²) in [6, 6.07) is 10.3. The van der Waals surface area contributed by atoms with E-state index in [1.807, 2.05) is 18.3 Å². The first kappa shape index (κ1) is 11.0. The molecule has 1 aromatic carbocycles. The van der Waals surface area contributed by atoms with Gasteiger partial charge in [0.25, 0.3) is 0 Å². The first-order chi connectivity index (χ1) is 8.79. The summed E-state index contributed by atoms with van der Waals surface area (Å²) in [6.07, 6.45) is 3.84. The fourth-order valence-electron chi connectivity index (χ4n) is 2.51. The van der Waals surface area contributed by atoms with Gasteiger partial charge in [-0.2, -0.15) is 0 Å². The molecule has 18 heavy (non-hydrogen) atoms. The van der Waals surface area contributed by atoms with Crippen molar-refractivity contribution in [3.05, 3.63) is 65.5 Å². The summed E-state index contributed by atoms with van der Waals surface area (Å²) in [5, 5.41) is 0. The predicted octanol–water partition coefficient (Wildman–Crippen LogP) is 3.25. The zero-order valence-corrected chi connectivity index (χ0v) is 10.4. The number of ether oxygens (including phenoxy) is 1. The zero-order valence-electron chi connectivity index (χ0n) is 10.4. The normalized spacial score (nSPS) is 13.5. The lowest BCUT2D eigenvalue weighted by molar-refractivity contribution is 0.414. The van der Waals surface area contributed by atoms with Crippen LogP contribution in [0, 0.1) is 0 Å². The number of methoxy groups -OCH3 is 1. The van der Waals surface area contributed by atoms with Gasteiger partial charge in [-0.3, -0.25) is 4.98 Å². The highest BCUT2D eigenvalue weighted by Crippen LogP contribution is 2.32. The van der Waals surface area contributed by atoms with Gasteiger partial charge in [0.1, 0.15) is 5.75 Å². The van der Waals surface area contributed by atoms with E-state index >= 15 is 0 Å². The number of aromatic nitrogens is 1. The average molecular weight is 237 g/mol. The molecule has 0 atom stereocenters. The van der Waals surface area contributed by atoms with Crippen LogP contribution in [0.4, 0.5) is 0 Å². The lowest BCUT2D eigenvalue weighted by Crippen LogP contribution is -1.94. The van der Waals surface area contributed by atoms with E-state index in [1.54, 1.807) is 7.11 Å². The molecule has 0 bridgehead atoms. The molecule has 1 aliphatic rings. The molecule has 0 saturated heterocycles. The summed E-state index contributed by atoms with van der Waals surface area (Å²) < 4.78 is 5.29. The lowest BCUT2D eigenvalue weighted by atomic mass is 9.99. The number of hydrogen-bond donors (Lipinski definition) is 0. The van der Waals surface area contributed by atoms with E-state index in [0.717, 1.165) is 29.9 Å². The number of aryl methyl sites for hydroxylation is 2. The minimum Gasteiger partial charge on any atom is -0.497 e. The quantitative estimate of drug-likeness (QED) is 0.759. The van der Waals surface area contributed by atoms with Crippen molar-refractivity contribution in [2.75, 3.05) is 7.11 Å². The van der Waals surface area contributed by atoms with Crippen LogP contribution in [0.1, 0.15) is 22.4 Å². The van der Waals surface area contributed by atoms with Crippen molar-refractivity contribution < 1.29 is 4.74 Å². The maximum atomic E-state index is 5.29. The molecule has 0 radical (unpaired) electrons. The summed E-state index contributed by atoms with van der Waals surface area (Å²) in [5.74, 6) is 0.903. The van der Waals surface area contributed by atoms with Gasteiger partial charge in [-0.15, -0.1) is 0 Å². The maximum Gasteiger partial charge on any atom is 0.119 e. The van der Waals surface area contributed by atoms with Crippen molar-refractivity contribution in [1.82, 2.24) is 4.98 Å². The van der Waals surface area contributed by atoms with Crippen molar-refractivity contribution in [1.29, 1.82) is 0 Å². The second-order valence-corrected chi connectivity index (χ2v) is 4.51. The topological polar surface area (TPSA) is 22.1 Å². The summed E-state index contributed by atoms with van der Waals surface area (Å²) in [5.41, 5.74) is 5.80. The van der Waals surface area contributed by atoms with Gasteiger partial charge in [0.2, 0.25) is 0 Å². The number of benzene rings is 1. The Labute approximate surface area is 107 Å². The van der Waals surface area contributed by atoms with Crippen LogP contribution in [-0.2, 0) is 12.8 Å². The summed E-state index contributed by atoms with van der Waals surface area (Å²) in [4.78, 5) is 4.47. The van der Waals surface area contributed by atoms with E-state index in [4.69, 9.17) is 4.74 Å². The molecule has 0 spiro atoms. The molecule has 0 aliphatic heterocycles. The van der Waals surface area contributed by atoms with Crippen molar-refractivity contribution in [2.24, 2.45) is 0 Å². The van der Waals surface area contributed by atoms with E-state index in [1.165, 1.54) is 16.7 Å². The van der Waals surface area contributed by atoms with Crippen LogP contribution in [0.25, 0.3) is 5.57 Å². The second kappa shape index (κ2) is 4.30. The molecule has 0 unspecified atom stereocenters. The molecule has 1 heterocycles. The van der Waals surface area contributed by atoms with Crippen molar-refractivity contribution in [3.8, 4) is 5.75 Å². The van der Waals surface area contributed by atoms with Crippen molar-refractivity contribution in [2.45, 2.75) is 12.8 Å². The number of rotatable bonds is 1. The van der Waals surface area contributed by atoms with E-state index < -0.39 is 0 Å². The maximum absolute atomic E-state index is 5.29. The molecular weight excluding hydrogens is 222 g/mol. The van der Waals surface area contributed by atoms with Gasteiger partial charge in [-0.05, 0) is 47.7 Å². The van der Waals surface area contributed by atoms with E-state index in [-0.39, 0.29) is 0 Å². The van der Waals surface area contributed by atoms with Crippen LogP contribution in [0.3, 0.4) is 0 Å². The first-order valence-corrected chi connectivity index (χ1v) is 6.10. The third-order valence-electron chi connectivity index (χ3n) is 3.48. The fourth-order valence-corrected chi connectivity index (χ4v) is 2.51. The molecule has 1 aromatic heterocycles. The monoisotopic (exact) mass is 237 g/mol. The number of pyridine rings is 1. The highest BCUT2D eigenvalue weighted by atomic mass is 16.5. The largest absolute Gasteiger partial charge is 0.497 e. The number of nitrogens with zero attached hydrogens (tertiary/aromatic N) is 1. The number of fused-ring (bicyclic) bond motifs is 2. The standard InChI is InChI=1S/C16H15NO/c1-11-15-8-7-14(18-2)10-13(15)6-5-12-4-3-9-17-16(11)12/h3-4,7-10H,1,5-6H2,2H3. The van der Waals surface area contributed by atoms with Gasteiger partial charge in [-0.1, -0.05) is 18.7 Å². The van der Waals surface area contributed by atoms with Gasteiger partial charge >= 0.3 is 0 Å². The minimum atomic E-state index is 0.903. The molecule has 0 saturated carbocycles. The molecule has 2 aromatic rings. The molecule has 0 N–H and O–H groups in total. The minimum absolute atomic E-state index is 0.903. The Morgan fingerprint density at radius 3 is 2.83 bits per heavy atom. The van der Waals surface area contributed by atoms with E-state index in [0.29, 0.717) is 0 Å². The van der Waals surface area contributed by atoms with E-state index in [9.17, 15) is 0 Å². The SMILES string of the molecule is C=C1c2ccc(OC)cc2CCc2cccnc21. The van der Waals surface area contributed by atoms with Crippen LogP contribution in [0.15, 0.2) is 43.1 Å². The predicted molar refractivity (Wildman–Crippen MR) is 72.8 cm³/mol. The second-order valence-electron chi connectivity index (χ2n) is 4.51. The summed E-state index contributed by atoms with van der Waals surface area (Å²) in [7, 11) is 1.70. The Hall–Kier alpha value is -2.09. The first-order valence-electron chi connectivity index (χ1n) is 6.10. The highest BCUT2D eigenvalue weighted by Gasteiger charge is 2.17. The zero-order chi connectivity index (χ0) is 12.5. The molecule has 2 nitrogen and oxygen atoms in total. The smallest absolute Gasteiger partial charge is 0.119 e. The molecule has 0 fully saturated rings. The fraction of sp³-hybridized carbons (Fsp3) is 0.188. The molecule has 90 valence electrons. The molecule has 1 aliphatic carbocycles. The highest BCUT2D eigenvalue weighted by molar-refractivity contribution is 5.80. The molecular formula is C16H15NO. The number of hydrogen-bond acceptors (Lipinski definition) is 2. The van der Waals surface area contributed by atoms with Crippen LogP contribution in [-0.4, -0.2) is 12.1 Å². The third kappa shape index (κ3) is 1.70. The summed E-state index contributed by atoms with van der Waals surface area (Å²) in [6.45, 7) is 4.21. The Morgan fingerprint density at radius 2 is 2.00 bits per heavy atom. The average Bonchev–Trinajstić information content (AvgIpc) is 2.57. The third-order valence-corrected chi connectivity index (χ3v) is 3.48. The Balaban J connectivity index is 2.15. The van der Waals surface area contributed by atoms with E-state index in [2.05, 4.69) is 29.8 Å².